The summed E-state index contributed by atoms with van der Waals surface area (Å²) in [5.41, 5.74) is 3.16. The first kappa shape index (κ1) is 28.4. The van der Waals surface area contributed by atoms with Crippen LogP contribution in [-0.4, -0.2) is 32.7 Å². The maximum atomic E-state index is 14.6. The number of halogens is 1. The molecule has 1 aliphatic heterocycles. The fraction of sp³-hybridized carbons (Fsp3) is 0.0667. The second-order valence-electron chi connectivity index (χ2n) is 9.27. The number of aromatic nitrogens is 3. The number of benzene rings is 2. The van der Waals surface area contributed by atoms with Crippen molar-refractivity contribution in [1.29, 1.82) is 0 Å². The zero-order valence-corrected chi connectivity index (χ0v) is 22.8. The van der Waals surface area contributed by atoms with Crippen LogP contribution in [0.5, 0.6) is 5.75 Å². The van der Waals surface area contributed by atoms with Crippen LogP contribution in [0.15, 0.2) is 85.8 Å². The first-order valence-electron chi connectivity index (χ1n) is 12.9. The smallest absolute Gasteiger partial charge is 0.292 e. The average Bonchev–Trinajstić information content (AvgIpc) is 3.00. The van der Waals surface area contributed by atoms with Crippen LogP contribution in [0.3, 0.4) is 0 Å². The van der Waals surface area contributed by atoms with E-state index in [1.807, 2.05) is 6.92 Å². The standard InChI is InChI=1S/C30H25FN8O4/c1-4-25(40)32-14-18-6-8-19(9-7-18)29(42)34-20-10-5-16(2)22(13-20)35-30-33-15-21(31)26(39-30)36-24-12-11-23-27(37-24)38-28(41)17(3)43-23/h4-13,15H,1,3,14H2,2H3,(H,32,40)(H,34,42)(H3,33,35,36,37,38,39,41). The first-order valence-corrected chi connectivity index (χ1v) is 12.9. The Morgan fingerprint density at radius 3 is 2.63 bits per heavy atom. The Balaban J connectivity index is 1.27. The van der Waals surface area contributed by atoms with Crippen LogP contribution in [0.25, 0.3) is 0 Å². The molecule has 3 heterocycles. The van der Waals surface area contributed by atoms with E-state index in [9.17, 15) is 18.8 Å². The highest BCUT2D eigenvalue weighted by Crippen LogP contribution is 2.31. The summed E-state index contributed by atoms with van der Waals surface area (Å²) in [6.45, 7) is 9.09. The highest BCUT2D eigenvalue weighted by atomic mass is 19.1. The summed E-state index contributed by atoms with van der Waals surface area (Å²) in [7, 11) is 0. The van der Waals surface area contributed by atoms with Gasteiger partial charge in [0, 0.05) is 23.5 Å². The van der Waals surface area contributed by atoms with Crippen molar-refractivity contribution >= 4 is 52.5 Å². The number of anilines is 6. The Kier molecular flexibility index (Phi) is 8.05. The van der Waals surface area contributed by atoms with E-state index >= 15 is 0 Å². The summed E-state index contributed by atoms with van der Waals surface area (Å²) >= 11 is 0. The minimum absolute atomic E-state index is 0.0620. The number of hydrogen-bond acceptors (Lipinski definition) is 9. The number of nitrogens with one attached hydrogen (secondary N) is 5. The van der Waals surface area contributed by atoms with Gasteiger partial charge in [-0.3, -0.25) is 14.4 Å². The van der Waals surface area contributed by atoms with Gasteiger partial charge in [0.2, 0.25) is 11.9 Å². The number of hydrogen-bond donors (Lipinski definition) is 5. The largest absolute Gasteiger partial charge is 0.448 e. The third-order valence-electron chi connectivity index (χ3n) is 6.18. The molecule has 3 amide bonds. The van der Waals surface area contributed by atoms with Crippen LogP contribution in [0.1, 0.15) is 21.5 Å². The third kappa shape index (κ3) is 6.79. The maximum absolute atomic E-state index is 14.6. The molecule has 216 valence electrons. The quantitative estimate of drug-likeness (QED) is 0.177. The summed E-state index contributed by atoms with van der Waals surface area (Å²) in [5, 5.41) is 13.9. The van der Waals surface area contributed by atoms with E-state index in [0.29, 0.717) is 29.2 Å². The molecule has 0 saturated heterocycles. The molecule has 0 unspecified atom stereocenters. The summed E-state index contributed by atoms with van der Waals surface area (Å²) in [5.74, 6) is -1.36. The lowest BCUT2D eigenvalue weighted by molar-refractivity contribution is -0.117. The van der Waals surface area contributed by atoms with E-state index in [1.54, 1.807) is 48.5 Å². The van der Waals surface area contributed by atoms with Gasteiger partial charge in [-0.05, 0) is 60.5 Å². The third-order valence-corrected chi connectivity index (χ3v) is 6.18. The number of ether oxygens (including phenoxy) is 1. The fourth-order valence-electron chi connectivity index (χ4n) is 3.87. The van der Waals surface area contributed by atoms with Crippen LogP contribution in [0.2, 0.25) is 0 Å². The van der Waals surface area contributed by atoms with E-state index in [1.165, 1.54) is 12.1 Å². The lowest BCUT2D eigenvalue weighted by atomic mass is 10.1. The Morgan fingerprint density at radius 1 is 1.07 bits per heavy atom. The molecular formula is C30H25FN8O4. The molecule has 13 heteroatoms. The van der Waals surface area contributed by atoms with Crippen molar-refractivity contribution in [1.82, 2.24) is 20.3 Å². The predicted molar refractivity (Wildman–Crippen MR) is 159 cm³/mol. The number of pyridine rings is 1. The van der Waals surface area contributed by atoms with Crippen molar-refractivity contribution in [3.63, 3.8) is 0 Å². The van der Waals surface area contributed by atoms with Gasteiger partial charge in [0.05, 0.1) is 6.20 Å². The van der Waals surface area contributed by atoms with Crippen LogP contribution in [0.4, 0.5) is 39.2 Å². The van der Waals surface area contributed by atoms with E-state index < -0.39 is 11.7 Å². The summed E-state index contributed by atoms with van der Waals surface area (Å²) in [6, 6.07) is 15.1. The summed E-state index contributed by atoms with van der Waals surface area (Å²) < 4.78 is 19.9. The van der Waals surface area contributed by atoms with Crippen molar-refractivity contribution in [3.05, 3.63) is 108 Å². The topological polar surface area (TPSA) is 159 Å². The summed E-state index contributed by atoms with van der Waals surface area (Å²) in [6.07, 6.45) is 2.19. The molecule has 0 atom stereocenters. The van der Waals surface area contributed by atoms with Crippen molar-refractivity contribution in [2.75, 3.05) is 21.3 Å². The van der Waals surface area contributed by atoms with E-state index in [0.717, 1.165) is 17.3 Å². The molecule has 0 aliphatic carbocycles. The molecule has 43 heavy (non-hydrogen) atoms. The van der Waals surface area contributed by atoms with Gasteiger partial charge in [-0.1, -0.05) is 31.4 Å². The Hall–Kier alpha value is -6.11. The summed E-state index contributed by atoms with van der Waals surface area (Å²) in [4.78, 5) is 48.5. The minimum atomic E-state index is -0.731. The van der Waals surface area contributed by atoms with Crippen molar-refractivity contribution < 1.29 is 23.5 Å². The normalized spacial score (nSPS) is 11.9. The lowest BCUT2D eigenvalue weighted by Crippen LogP contribution is -2.23. The zero-order chi connectivity index (χ0) is 30.5. The van der Waals surface area contributed by atoms with Gasteiger partial charge in [-0.25, -0.2) is 14.4 Å². The van der Waals surface area contributed by atoms with Gasteiger partial charge in [0.25, 0.3) is 11.8 Å². The van der Waals surface area contributed by atoms with Gasteiger partial charge in [-0.2, -0.15) is 4.98 Å². The predicted octanol–water partition coefficient (Wildman–Crippen LogP) is 4.71. The van der Waals surface area contributed by atoms with Crippen LogP contribution in [-0.2, 0) is 16.1 Å². The molecule has 0 spiro atoms. The van der Waals surface area contributed by atoms with E-state index in [-0.39, 0.29) is 41.0 Å². The first-order chi connectivity index (χ1) is 20.7. The van der Waals surface area contributed by atoms with Gasteiger partial charge < -0.3 is 31.3 Å². The van der Waals surface area contributed by atoms with E-state index in [2.05, 4.69) is 54.7 Å². The number of amides is 3. The molecule has 12 nitrogen and oxygen atoms in total. The SMILES string of the molecule is C=CC(=O)NCc1ccc(C(=O)Nc2ccc(C)c(Nc3ncc(F)c(Nc4ccc5c(n4)NC(=O)C(=C)O5)n3)c2)cc1. The minimum Gasteiger partial charge on any atom is -0.448 e. The Morgan fingerprint density at radius 2 is 1.86 bits per heavy atom. The molecule has 5 N–H and O–H groups in total. The molecule has 0 fully saturated rings. The lowest BCUT2D eigenvalue weighted by Gasteiger charge is -2.18. The number of rotatable bonds is 9. The number of carbonyl (C=O) groups excluding carboxylic acids is 3. The monoisotopic (exact) mass is 580 g/mol. The highest BCUT2D eigenvalue weighted by Gasteiger charge is 2.22. The molecule has 2 aromatic heterocycles. The molecule has 2 aromatic carbocycles. The Labute approximate surface area is 245 Å². The fourth-order valence-corrected chi connectivity index (χ4v) is 3.87. The van der Waals surface area contributed by atoms with Crippen LogP contribution in [0, 0.1) is 12.7 Å². The molecule has 0 bridgehead atoms. The van der Waals surface area contributed by atoms with Gasteiger partial charge in [0.1, 0.15) is 5.82 Å². The van der Waals surface area contributed by atoms with E-state index in [4.69, 9.17) is 4.74 Å². The van der Waals surface area contributed by atoms with Crippen molar-refractivity contribution in [2.24, 2.45) is 0 Å². The zero-order valence-electron chi connectivity index (χ0n) is 22.8. The average molecular weight is 581 g/mol. The second-order valence-corrected chi connectivity index (χ2v) is 9.27. The molecule has 0 radical (unpaired) electrons. The van der Waals surface area contributed by atoms with Crippen LogP contribution < -0.4 is 31.3 Å². The maximum Gasteiger partial charge on any atom is 0.292 e. The number of carbonyl (C=O) groups is 3. The second kappa shape index (κ2) is 12.2. The molecular weight excluding hydrogens is 555 g/mol. The van der Waals surface area contributed by atoms with Gasteiger partial charge in [-0.15, -0.1) is 0 Å². The number of aryl methyl sites for hydroxylation is 1. The van der Waals surface area contributed by atoms with Gasteiger partial charge >= 0.3 is 0 Å². The Bertz CT molecular complexity index is 1770. The van der Waals surface area contributed by atoms with Gasteiger partial charge in [0.15, 0.2) is 29.0 Å². The molecule has 1 aliphatic rings. The molecule has 0 saturated carbocycles. The number of nitrogens with zero attached hydrogens (tertiary/aromatic N) is 3. The molecule has 4 aromatic rings. The highest BCUT2D eigenvalue weighted by molar-refractivity contribution is 6.05. The number of fused-ring (bicyclic) bond motifs is 1. The molecule has 5 rings (SSSR count). The van der Waals surface area contributed by atoms with Crippen LogP contribution >= 0.6 is 0 Å². The van der Waals surface area contributed by atoms with Crippen molar-refractivity contribution in [3.8, 4) is 5.75 Å². The van der Waals surface area contributed by atoms with Crippen molar-refractivity contribution in [2.45, 2.75) is 13.5 Å².